The normalized spacial score (nSPS) is 12.2. The van der Waals surface area contributed by atoms with Gasteiger partial charge in [-0.2, -0.15) is 0 Å². The van der Waals surface area contributed by atoms with Crippen LogP contribution in [0.15, 0.2) is 42.5 Å². The van der Waals surface area contributed by atoms with Gasteiger partial charge in [0.1, 0.15) is 17.7 Å². The summed E-state index contributed by atoms with van der Waals surface area (Å²) in [6, 6.07) is 11.9. The van der Waals surface area contributed by atoms with E-state index in [1.54, 1.807) is 18.2 Å². The maximum absolute atomic E-state index is 13.8. The minimum atomic E-state index is -1.03. The topological polar surface area (TPSA) is 29.5 Å². The van der Waals surface area contributed by atoms with Gasteiger partial charge in [-0.3, -0.25) is 0 Å². The van der Waals surface area contributed by atoms with Gasteiger partial charge in [0.05, 0.1) is 12.7 Å². The van der Waals surface area contributed by atoms with Gasteiger partial charge in [-0.15, -0.1) is 0 Å². The van der Waals surface area contributed by atoms with Gasteiger partial charge in [-0.05, 0) is 24.6 Å². The van der Waals surface area contributed by atoms with Crippen molar-refractivity contribution in [3.63, 3.8) is 0 Å². The number of halogens is 1. The molecule has 0 heterocycles. The van der Waals surface area contributed by atoms with Crippen LogP contribution in [0.5, 0.6) is 5.75 Å². The second-order valence-corrected chi connectivity index (χ2v) is 4.17. The molecule has 2 rings (SSSR count). The fourth-order valence-electron chi connectivity index (χ4n) is 1.97. The zero-order valence-corrected chi connectivity index (χ0v) is 10.4. The van der Waals surface area contributed by atoms with Crippen LogP contribution in [-0.2, 0) is 0 Å². The third kappa shape index (κ3) is 2.36. The SMILES string of the molecule is COc1cccc(F)c1C(O)c1cccc(C)c1. The lowest BCUT2D eigenvalue weighted by molar-refractivity contribution is 0.209. The number of methoxy groups -OCH3 is 1. The average molecular weight is 246 g/mol. The van der Waals surface area contributed by atoms with Crippen LogP contribution in [0.2, 0.25) is 0 Å². The predicted octanol–water partition coefficient (Wildman–Crippen LogP) is 3.22. The highest BCUT2D eigenvalue weighted by Crippen LogP contribution is 2.32. The smallest absolute Gasteiger partial charge is 0.133 e. The van der Waals surface area contributed by atoms with Gasteiger partial charge in [0.15, 0.2) is 0 Å². The highest BCUT2D eigenvalue weighted by molar-refractivity contribution is 5.41. The molecule has 1 atom stereocenters. The van der Waals surface area contributed by atoms with Crippen molar-refractivity contribution in [2.24, 2.45) is 0 Å². The van der Waals surface area contributed by atoms with Gasteiger partial charge < -0.3 is 9.84 Å². The van der Waals surface area contributed by atoms with Crippen molar-refractivity contribution in [2.45, 2.75) is 13.0 Å². The van der Waals surface area contributed by atoms with Crippen LogP contribution in [0.25, 0.3) is 0 Å². The first kappa shape index (κ1) is 12.6. The van der Waals surface area contributed by atoms with E-state index in [9.17, 15) is 9.50 Å². The van der Waals surface area contributed by atoms with Crippen molar-refractivity contribution in [3.8, 4) is 5.75 Å². The minimum Gasteiger partial charge on any atom is -0.496 e. The molecule has 0 saturated carbocycles. The summed E-state index contributed by atoms with van der Waals surface area (Å²) in [5.41, 5.74) is 1.84. The van der Waals surface area contributed by atoms with Gasteiger partial charge in [0, 0.05) is 0 Å². The molecule has 2 aromatic rings. The van der Waals surface area contributed by atoms with E-state index in [4.69, 9.17) is 4.74 Å². The maximum Gasteiger partial charge on any atom is 0.133 e. The third-order valence-corrected chi connectivity index (χ3v) is 2.86. The minimum absolute atomic E-state index is 0.172. The molecular formula is C15H15FO2. The summed E-state index contributed by atoms with van der Waals surface area (Å²) in [6.07, 6.45) is -1.03. The lowest BCUT2D eigenvalue weighted by atomic mass is 9.99. The Morgan fingerprint density at radius 2 is 1.89 bits per heavy atom. The number of aliphatic hydroxyl groups excluding tert-OH is 1. The Hall–Kier alpha value is -1.87. The number of aliphatic hydroxyl groups is 1. The first-order valence-electron chi connectivity index (χ1n) is 5.70. The second-order valence-electron chi connectivity index (χ2n) is 4.17. The monoisotopic (exact) mass is 246 g/mol. The van der Waals surface area contributed by atoms with Crippen LogP contribution in [0.1, 0.15) is 22.8 Å². The number of aryl methyl sites for hydroxylation is 1. The molecule has 2 aromatic carbocycles. The van der Waals surface area contributed by atoms with E-state index >= 15 is 0 Å². The van der Waals surface area contributed by atoms with Crippen molar-refractivity contribution < 1.29 is 14.2 Å². The van der Waals surface area contributed by atoms with Crippen LogP contribution < -0.4 is 4.74 Å². The average Bonchev–Trinajstić information content (AvgIpc) is 2.37. The molecule has 0 aliphatic carbocycles. The zero-order chi connectivity index (χ0) is 13.1. The molecule has 0 aliphatic rings. The van der Waals surface area contributed by atoms with E-state index in [0.717, 1.165) is 5.56 Å². The van der Waals surface area contributed by atoms with Crippen molar-refractivity contribution >= 4 is 0 Å². The van der Waals surface area contributed by atoms with Crippen molar-refractivity contribution in [3.05, 3.63) is 65.0 Å². The molecule has 2 nitrogen and oxygen atoms in total. The highest BCUT2D eigenvalue weighted by Gasteiger charge is 2.19. The zero-order valence-electron chi connectivity index (χ0n) is 10.4. The summed E-state index contributed by atoms with van der Waals surface area (Å²) in [7, 11) is 1.46. The summed E-state index contributed by atoms with van der Waals surface area (Å²) < 4.78 is 18.9. The first-order chi connectivity index (χ1) is 8.63. The fourth-order valence-corrected chi connectivity index (χ4v) is 1.97. The molecule has 1 N–H and O–H groups in total. The Morgan fingerprint density at radius 3 is 2.56 bits per heavy atom. The lowest BCUT2D eigenvalue weighted by Gasteiger charge is -2.16. The molecule has 0 aromatic heterocycles. The molecule has 0 bridgehead atoms. The molecule has 1 unspecified atom stereocenters. The van der Waals surface area contributed by atoms with Gasteiger partial charge >= 0.3 is 0 Å². The molecular weight excluding hydrogens is 231 g/mol. The van der Waals surface area contributed by atoms with Crippen LogP contribution in [0.3, 0.4) is 0 Å². The summed E-state index contributed by atoms with van der Waals surface area (Å²) in [6.45, 7) is 1.93. The summed E-state index contributed by atoms with van der Waals surface area (Å²) in [5.74, 6) is -0.118. The van der Waals surface area contributed by atoms with Crippen LogP contribution in [-0.4, -0.2) is 12.2 Å². The molecule has 0 fully saturated rings. The number of hydrogen-bond acceptors (Lipinski definition) is 2. The Kier molecular flexibility index (Phi) is 3.63. The van der Waals surface area contributed by atoms with E-state index in [1.165, 1.54) is 13.2 Å². The Bertz CT molecular complexity index is 552. The van der Waals surface area contributed by atoms with Gasteiger partial charge in [0.2, 0.25) is 0 Å². The molecule has 0 radical (unpaired) electrons. The molecule has 94 valence electrons. The van der Waals surface area contributed by atoms with Crippen LogP contribution >= 0.6 is 0 Å². The van der Waals surface area contributed by atoms with E-state index in [0.29, 0.717) is 11.3 Å². The van der Waals surface area contributed by atoms with Gasteiger partial charge in [-0.1, -0.05) is 35.9 Å². The second kappa shape index (κ2) is 5.19. The third-order valence-electron chi connectivity index (χ3n) is 2.86. The largest absolute Gasteiger partial charge is 0.496 e. The first-order valence-corrected chi connectivity index (χ1v) is 5.70. The van der Waals surface area contributed by atoms with E-state index < -0.39 is 11.9 Å². The predicted molar refractivity (Wildman–Crippen MR) is 68.2 cm³/mol. The molecule has 3 heteroatoms. The lowest BCUT2D eigenvalue weighted by Crippen LogP contribution is -2.05. The Labute approximate surface area is 106 Å². The molecule has 18 heavy (non-hydrogen) atoms. The molecule has 0 aliphatic heterocycles. The van der Waals surface area contributed by atoms with E-state index in [1.807, 2.05) is 25.1 Å². The number of ether oxygens (including phenoxy) is 1. The highest BCUT2D eigenvalue weighted by atomic mass is 19.1. The quantitative estimate of drug-likeness (QED) is 0.901. The summed E-state index contributed by atoms with van der Waals surface area (Å²) in [5, 5.41) is 10.3. The maximum atomic E-state index is 13.8. The van der Waals surface area contributed by atoms with Crippen molar-refractivity contribution in [1.29, 1.82) is 0 Å². The standard InChI is InChI=1S/C15H15FO2/c1-10-5-3-6-11(9-10)15(17)14-12(16)7-4-8-13(14)18-2/h3-9,15,17H,1-2H3. The van der Waals surface area contributed by atoms with Crippen molar-refractivity contribution in [2.75, 3.05) is 7.11 Å². The van der Waals surface area contributed by atoms with Crippen molar-refractivity contribution in [1.82, 2.24) is 0 Å². The van der Waals surface area contributed by atoms with Crippen LogP contribution in [0, 0.1) is 12.7 Å². The molecule has 0 amide bonds. The van der Waals surface area contributed by atoms with Gasteiger partial charge in [-0.25, -0.2) is 4.39 Å². The number of hydrogen-bond donors (Lipinski definition) is 1. The summed E-state index contributed by atoms with van der Waals surface area (Å²) in [4.78, 5) is 0. The number of rotatable bonds is 3. The Balaban J connectivity index is 2.48. The van der Waals surface area contributed by atoms with E-state index in [-0.39, 0.29) is 5.56 Å². The fraction of sp³-hybridized carbons (Fsp3) is 0.200. The van der Waals surface area contributed by atoms with Crippen LogP contribution in [0.4, 0.5) is 4.39 Å². The molecule has 0 spiro atoms. The Morgan fingerprint density at radius 1 is 1.17 bits per heavy atom. The van der Waals surface area contributed by atoms with Gasteiger partial charge in [0.25, 0.3) is 0 Å². The summed E-state index contributed by atoms with van der Waals surface area (Å²) >= 11 is 0. The molecule has 0 saturated heterocycles. The number of benzene rings is 2. The van der Waals surface area contributed by atoms with E-state index in [2.05, 4.69) is 0 Å².